The Balaban J connectivity index is 1.54. The van der Waals surface area contributed by atoms with E-state index in [0.717, 1.165) is 73.4 Å². The SMILES string of the molecule is O=C(NCC1CCNCC1)c1ccc2c(Cl)c3c(nc2c1)CCCC3. The molecule has 1 aromatic heterocycles. The van der Waals surface area contributed by atoms with Crippen molar-refractivity contribution in [1.29, 1.82) is 0 Å². The van der Waals surface area contributed by atoms with Gasteiger partial charge in [0.1, 0.15) is 0 Å². The fourth-order valence-corrected chi connectivity index (χ4v) is 4.30. The number of aromatic nitrogens is 1. The van der Waals surface area contributed by atoms with Gasteiger partial charge in [-0.2, -0.15) is 0 Å². The van der Waals surface area contributed by atoms with Gasteiger partial charge in [0.05, 0.1) is 10.5 Å². The summed E-state index contributed by atoms with van der Waals surface area (Å²) in [4.78, 5) is 17.3. The molecule has 0 bridgehead atoms. The van der Waals surface area contributed by atoms with Gasteiger partial charge in [0.15, 0.2) is 0 Å². The minimum absolute atomic E-state index is 0.0175. The molecule has 1 amide bonds. The van der Waals surface area contributed by atoms with Crippen molar-refractivity contribution in [2.75, 3.05) is 19.6 Å². The lowest BCUT2D eigenvalue weighted by Gasteiger charge is -2.22. The Labute approximate surface area is 153 Å². The molecule has 2 aromatic rings. The zero-order valence-corrected chi connectivity index (χ0v) is 15.2. The van der Waals surface area contributed by atoms with Gasteiger partial charge in [-0.05, 0) is 75.2 Å². The summed E-state index contributed by atoms with van der Waals surface area (Å²) in [5.74, 6) is 0.557. The van der Waals surface area contributed by atoms with Crippen LogP contribution in [0.5, 0.6) is 0 Å². The van der Waals surface area contributed by atoms with Gasteiger partial charge in [0.25, 0.3) is 5.91 Å². The number of aryl methyl sites for hydroxylation is 1. The van der Waals surface area contributed by atoms with Gasteiger partial charge in [-0.25, -0.2) is 0 Å². The van der Waals surface area contributed by atoms with Crippen molar-refractivity contribution in [3.8, 4) is 0 Å². The van der Waals surface area contributed by atoms with Gasteiger partial charge >= 0.3 is 0 Å². The van der Waals surface area contributed by atoms with Gasteiger partial charge in [-0.3, -0.25) is 9.78 Å². The smallest absolute Gasteiger partial charge is 0.251 e. The standard InChI is InChI=1S/C20H24ClN3O/c21-19-15-3-1-2-4-17(15)24-18-11-14(5-6-16(18)19)20(25)23-12-13-7-9-22-10-8-13/h5-6,11,13,22H,1-4,7-10,12H2,(H,23,25). The van der Waals surface area contributed by atoms with Crippen molar-refractivity contribution in [2.45, 2.75) is 38.5 Å². The van der Waals surface area contributed by atoms with Crippen LogP contribution in [0, 0.1) is 5.92 Å². The van der Waals surface area contributed by atoms with Crippen LogP contribution in [0.1, 0.15) is 47.3 Å². The molecule has 132 valence electrons. The molecule has 2 aliphatic rings. The lowest BCUT2D eigenvalue weighted by atomic mass is 9.94. The van der Waals surface area contributed by atoms with Crippen molar-refractivity contribution in [2.24, 2.45) is 5.92 Å². The maximum Gasteiger partial charge on any atom is 0.251 e. The number of amides is 1. The third-order valence-electron chi connectivity index (χ3n) is 5.47. The Morgan fingerprint density at radius 1 is 1.24 bits per heavy atom. The van der Waals surface area contributed by atoms with Crippen LogP contribution in [0.2, 0.25) is 5.02 Å². The molecule has 1 aliphatic heterocycles. The number of nitrogens with zero attached hydrogens (tertiary/aromatic N) is 1. The number of nitrogens with one attached hydrogen (secondary N) is 2. The quantitative estimate of drug-likeness (QED) is 0.884. The summed E-state index contributed by atoms with van der Waals surface area (Å²) in [6, 6.07) is 5.69. The number of hydrogen-bond acceptors (Lipinski definition) is 3. The minimum Gasteiger partial charge on any atom is -0.352 e. The molecular weight excluding hydrogens is 334 g/mol. The number of carbonyl (C=O) groups excluding carboxylic acids is 1. The molecule has 2 N–H and O–H groups in total. The zero-order valence-electron chi connectivity index (χ0n) is 14.4. The number of benzene rings is 1. The van der Waals surface area contributed by atoms with E-state index in [2.05, 4.69) is 10.6 Å². The lowest BCUT2D eigenvalue weighted by Crippen LogP contribution is -2.35. The van der Waals surface area contributed by atoms with E-state index in [4.69, 9.17) is 16.6 Å². The fourth-order valence-electron chi connectivity index (χ4n) is 3.93. The molecule has 1 saturated heterocycles. The molecule has 5 heteroatoms. The Bertz CT molecular complexity index is 799. The first-order valence-corrected chi connectivity index (χ1v) is 9.70. The summed E-state index contributed by atoms with van der Waals surface area (Å²) in [7, 11) is 0. The van der Waals surface area contributed by atoms with Crippen LogP contribution in [0.25, 0.3) is 10.9 Å². The number of fused-ring (bicyclic) bond motifs is 2. The number of rotatable bonds is 3. The molecule has 0 radical (unpaired) electrons. The molecule has 0 atom stereocenters. The van der Waals surface area contributed by atoms with E-state index < -0.39 is 0 Å². The molecule has 25 heavy (non-hydrogen) atoms. The van der Waals surface area contributed by atoms with Gasteiger partial charge in [-0.1, -0.05) is 17.7 Å². The van der Waals surface area contributed by atoms with Gasteiger partial charge < -0.3 is 10.6 Å². The molecule has 0 unspecified atom stereocenters. The summed E-state index contributed by atoms with van der Waals surface area (Å²) in [6.45, 7) is 2.84. The first-order chi connectivity index (χ1) is 12.2. The molecule has 0 saturated carbocycles. The summed E-state index contributed by atoms with van der Waals surface area (Å²) in [5, 5.41) is 8.21. The highest BCUT2D eigenvalue weighted by Crippen LogP contribution is 2.33. The van der Waals surface area contributed by atoms with Crippen LogP contribution in [0.3, 0.4) is 0 Å². The monoisotopic (exact) mass is 357 g/mol. The van der Waals surface area contributed by atoms with Crippen molar-refractivity contribution in [3.63, 3.8) is 0 Å². The normalized spacial score (nSPS) is 18.1. The second kappa shape index (κ2) is 7.30. The van der Waals surface area contributed by atoms with Gasteiger partial charge in [0.2, 0.25) is 0 Å². The number of carbonyl (C=O) groups is 1. The molecule has 1 aromatic carbocycles. The third kappa shape index (κ3) is 3.51. The second-order valence-corrected chi connectivity index (χ2v) is 7.57. The van der Waals surface area contributed by atoms with Crippen LogP contribution in [-0.2, 0) is 12.8 Å². The molecular formula is C20H24ClN3O. The van der Waals surface area contributed by atoms with E-state index in [-0.39, 0.29) is 5.91 Å². The van der Waals surface area contributed by atoms with E-state index in [1.54, 1.807) is 0 Å². The topological polar surface area (TPSA) is 54.0 Å². The Kier molecular flexibility index (Phi) is 4.91. The van der Waals surface area contributed by atoms with Crippen LogP contribution < -0.4 is 10.6 Å². The van der Waals surface area contributed by atoms with Gasteiger partial charge in [-0.15, -0.1) is 0 Å². The highest BCUT2D eigenvalue weighted by Gasteiger charge is 2.19. The highest BCUT2D eigenvalue weighted by atomic mass is 35.5. The number of piperidine rings is 1. The molecule has 0 spiro atoms. The summed E-state index contributed by atoms with van der Waals surface area (Å²) >= 11 is 6.61. The zero-order chi connectivity index (χ0) is 17.2. The van der Waals surface area contributed by atoms with Crippen molar-refractivity contribution < 1.29 is 4.79 Å². The lowest BCUT2D eigenvalue weighted by molar-refractivity contribution is 0.0944. The largest absolute Gasteiger partial charge is 0.352 e. The Hall–Kier alpha value is -1.65. The number of halogens is 1. The average Bonchev–Trinajstić information content (AvgIpc) is 2.67. The molecule has 4 rings (SSSR count). The minimum atomic E-state index is -0.0175. The van der Waals surface area contributed by atoms with Gasteiger partial charge in [0, 0.05) is 23.2 Å². The van der Waals surface area contributed by atoms with Crippen LogP contribution in [0.15, 0.2) is 18.2 Å². The second-order valence-electron chi connectivity index (χ2n) is 7.19. The first-order valence-electron chi connectivity index (χ1n) is 9.32. The first kappa shape index (κ1) is 16.8. The van der Waals surface area contributed by atoms with Crippen LogP contribution >= 0.6 is 11.6 Å². The van der Waals surface area contributed by atoms with E-state index >= 15 is 0 Å². The average molecular weight is 358 g/mol. The number of pyridine rings is 1. The van der Waals surface area contributed by atoms with Crippen molar-refractivity contribution in [1.82, 2.24) is 15.6 Å². The van der Waals surface area contributed by atoms with Crippen LogP contribution in [-0.4, -0.2) is 30.5 Å². The van der Waals surface area contributed by atoms with Crippen molar-refractivity contribution >= 4 is 28.4 Å². The Morgan fingerprint density at radius 2 is 2.04 bits per heavy atom. The molecule has 2 heterocycles. The maximum atomic E-state index is 12.5. The third-order valence-corrected chi connectivity index (χ3v) is 5.90. The molecule has 1 fully saturated rings. The summed E-state index contributed by atoms with van der Waals surface area (Å²) < 4.78 is 0. The Morgan fingerprint density at radius 3 is 2.88 bits per heavy atom. The maximum absolute atomic E-state index is 12.5. The van der Waals surface area contributed by atoms with Crippen LogP contribution in [0.4, 0.5) is 0 Å². The van der Waals surface area contributed by atoms with E-state index in [0.29, 0.717) is 11.5 Å². The fraction of sp³-hybridized carbons (Fsp3) is 0.500. The number of hydrogen-bond donors (Lipinski definition) is 2. The highest BCUT2D eigenvalue weighted by molar-refractivity contribution is 6.36. The van der Waals surface area contributed by atoms with E-state index in [1.807, 2.05) is 18.2 Å². The van der Waals surface area contributed by atoms with E-state index in [1.165, 1.54) is 12.0 Å². The summed E-state index contributed by atoms with van der Waals surface area (Å²) in [6.07, 6.45) is 6.59. The molecule has 4 nitrogen and oxygen atoms in total. The predicted molar refractivity (Wildman–Crippen MR) is 101 cm³/mol. The predicted octanol–water partition coefficient (Wildman–Crippen LogP) is 3.50. The van der Waals surface area contributed by atoms with Crippen molar-refractivity contribution in [3.05, 3.63) is 40.0 Å². The summed E-state index contributed by atoms with van der Waals surface area (Å²) in [5.41, 5.74) is 3.81. The van der Waals surface area contributed by atoms with E-state index in [9.17, 15) is 4.79 Å². The molecule has 1 aliphatic carbocycles.